The summed E-state index contributed by atoms with van der Waals surface area (Å²) in [4.78, 5) is 5.09. The van der Waals surface area contributed by atoms with Crippen LogP contribution in [-0.2, 0) is 0 Å². The quantitative estimate of drug-likeness (QED) is 0.328. The summed E-state index contributed by atoms with van der Waals surface area (Å²) in [6.45, 7) is 20.5. The van der Waals surface area contributed by atoms with Crippen LogP contribution in [0.4, 0.5) is 17.1 Å². The van der Waals surface area contributed by atoms with Crippen molar-refractivity contribution in [2.24, 2.45) is 0 Å². The molecule has 3 aromatic rings. The van der Waals surface area contributed by atoms with Crippen molar-refractivity contribution in [2.45, 2.75) is 64.8 Å². The van der Waals surface area contributed by atoms with Crippen molar-refractivity contribution in [3.05, 3.63) is 142 Å². The largest absolute Gasteiger partial charge is 0.343 e. The van der Waals surface area contributed by atoms with Crippen molar-refractivity contribution < 1.29 is 0 Å². The van der Waals surface area contributed by atoms with Gasteiger partial charge in [0.2, 0.25) is 0 Å². The van der Waals surface area contributed by atoms with Crippen LogP contribution in [0.2, 0.25) is 0 Å². The van der Waals surface area contributed by atoms with Crippen molar-refractivity contribution >= 4 is 22.6 Å². The van der Waals surface area contributed by atoms with E-state index in [9.17, 15) is 0 Å². The number of benzene rings is 3. The molecule has 0 amide bonds. The van der Waals surface area contributed by atoms with Crippen LogP contribution in [0.15, 0.2) is 103 Å². The van der Waals surface area contributed by atoms with Crippen molar-refractivity contribution in [1.29, 1.82) is 0 Å². The van der Waals surface area contributed by atoms with Gasteiger partial charge in [-0.05, 0) is 75.9 Å². The van der Waals surface area contributed by atoms with E-state index in [0.29, 0.717) is 17.8 Å². The molecule has 0 N–H and O–H groups in total. The molecule has 0 saturated heterocycles. The van der Waals surface area contributed by atoms with Gasteiger partial charge in [0.15, 0.2) is 0 Å². The Morgan fingerprint density at radius 3 is 2.29 bits per heavy atom. The Morgan fingerprint density at radius 1 is 0.951 bits per heavy atom. The molecule has 1 aliphatic carbocycles. The first kappa shape index (κ1) is 25.9. The lowest BCUT2D eigenvalue weighted by Crippen LogP contribution is -2.30. The summed E-state index contributed by atoms with van der Waals surface area (Å²) < 4.78 is 0. The molecular formula is C39H40N2. The third-order valence-electron chi connectivity index (χ3n) is 10.0. The fourth-order valence-corrected chi connectivity index (χ4v) is 7.84. The molecule has 3 aliphatic heterocycles. The minimum atomic E-state index is 0.210. The van der Waals surface area contributed by atoms with Gasteiger partial charge in [-0.1, -0.05) is 102 Å². The van der Waals surface area contributed by atoms with Gasteiger partial charge in [0.25, 0.3) is 0 Å². The Labute approximate surface area is 245 Å². The van der Waals surface area contributed by atoms with Crippen LogP contribution in [0.5, 0.6) is 0 Å². The summed E-state index contributed by atoms with van der Waals surface area (Å²) in [5.74, 6) is 1.17. The minimum Gasteiger partial charge on any atom is -0.343 e. The minimum absolute atomic E-state index is 0.210. The van der Waals surface area contributed by atoms with Crippen LogP contribution in [0, 0.1) is 6.92 Å². The second-order valence-electron chi connectivity index (χ2n) is 12.6. The van der Waals surface area contributed by atoms with E-state index in [4.69, 9.17) is 0 Å². The normalized spacial score (nSPS) is 24.9. The molecule has 3 aromatic carbocycles. The van der Waals surface area contributed by atoms with Crippen molar-refractivity contribution in [1.82, 2.24) is 0 Å². The molecule has 0 spiro atoms. The molecule has 3 unspecified atom stereocenters. The first-order chi connectivity index (χ1) is 19.7. The maximum absolute atomic E-state index is 4.67. The molecule has 7 rings (SSSR count). The molecule has 0 radical (unpaired) electrons. The summed E-state index contributed by atoms with van der Waals surface area (Å²) >= 11 is 0. The highest BCUT2D eigenvalue weighted by atomic mass is 15.2. The van der Waals surface area contributed by atoms with E-state index in [0.717, 1.165) is 12.0 Å². The molecule has 0 fully saturated rings. The Kier molecular flexibility index (Phi) is 5.84. The number of aryl methyl sites for hydroxylation is 1. The molecule has 2 nitrogen and oxygen atoms in total. The van der Waals surface area contributed by atoms with Crippen LogP contribution in [0.25, 0.3) is 5.57 Å². The standard InChI is InChI=1S/C39H40N2/c1-9-13-29-25(6)34-21-33(23(4)20-35(34)40(8)37(29)27-14-10-15-27)36-26(7)32-19-12-18-31-24(5)30-17-11-16-28(22(2)3)38(30)41(36)39(31)32/h9-14,16-22,24,26,36H,1,6,15H2,2-5,7-8H3/b29-13-,37-27+. The molecule has 0 saturated carbocycles. The molecule has 4 aliphatic rings. The SMILES string of the molecule is C=C/C=C1/C(=C)c2cc(C3C(C)c4cccc5c4N3c3c(C(C)C)cccc3C5C)c(C)cc2N(C)/C1=C1\C=CC1. The maximum atomic E-state index is 4.67. The highest BCUT2D eigenvalue weighted by Crippen LogP contribution is 2.61. The van der Waals surface area contributed by atoms with Gasteiger partial charge in [-0.3, -0.25) is 0 Å². The third kappa shape index (κ3) is 3.49. The summed E-state index contributed by atoms with van der Waals surface area (Å²) in [6, 6.07) is 19.0. The highest BCUT2D eigenvalue weighted by Gasteiger charge is 2.45. The number of allylic oxidation sites excluding steroid dienone is 6. The van der Waals surface area contributed by atoms with Crippen molar-refractivity contribution in [3.8, 4) is 0 Å². The zero-order valence-corrected chi connectivity index (χ0v) is 25.3. The van der Waals surface area contributed by atoms with Gasteiger partial charge in [0, 0.05) is 47.1 Å². The van der Waals surface area contributed by atoms with Gasteiger partial charge < -0.3 is 9.80 Å². The smallest absolute Gasteiger partial charge is 0.0661 e. The van der Waals surface area contributed by atoms with Crippen molar-refractivity contribution in [3.63, 3.8) is 0 Å². The predicted octanol–water partition coefficient (Wildman–Crippen LogP) is 10.4. The van der Waals surface area contributed by atoms with Crippen LogP contribution >= 0.6 is 0 Å². The van der Waals surface area contributed by atoms with E-state index >= 15 is 0 Å². The fraction of sp³-hybridized carbons (Fsp3) is 0.282. The lowest BCUT2D eigenvalue weighted by Gasteiger charge is -2.41. The maximum Gasteiger partial charge on any atom is 0.0661 e. The predicted molar refractivity (Wildman–Crippen MR) is 175 cm³/mol. The van der Waals surface area contributed by atoms with Crippen LogP contribution in [0.3, 0.4) is 0 Å². The van der Waals surface area contributed by atoms with Gasteiger partial charge in [-0.25, -0.2) is 0 Å². The topological polar surface area (TPSA) is 6.48 Å². The Balaban J connectivity index is 1.46. The first-order valence-corrected chi connectivity index (χ1v) is 15.1. The van der Waals surface area contributed by atoms with E-state index in [-0.39, 0.29) is 6.04 Å². The number of hydrogen-bond acceptors (Lipinski definition) is 2. The van der Waals surface area contributed by atoms with Gasteiger partial charge in [-0.15, -0.1) is 0 Å². The number of rotatable bonds is 3. The summed E-state index contributed by atoms with van der Waals surface area (Å²) in [7, 11) is 2.20. The molecule has 0 bridgehead atoms. The summed E-state index contributed by atoms with van der Waals surface area (Å²) in [5.41, 5.74) is 18.7. The number of likely N-dealkylation sites (N-methyl/N-ethyl adjacent to an activating group) is 1. The second-order valence-corrected chi connectivity index (χ2v) is 12.6. The number of para-hydroxylation sites is 2. The highest BCUT2D eigenvalue weighted by molar-refractivity contribution is 5.96. The molecule has 0 aromatic heterocycles. The molecule has 206 valence electrons. The summed E-state index contributed by atoms with van der Waals surface area (Å²) in [6.07, 6.45) is 9.49. The third-order valence-corrected chi connectivity index (χ3v) is 10.0. The van der Waals surface area contributed by atoms with Gasteiger partial charge in [0.1, 0.15) is 0 Å². The zero-order valence-electron chi connectivity index (χ0n) is 25.3. The van der Waals surface area contributed by atoms with E-state index in [1.54, 1.807) is 0 Å². The van der Waals surface area contributed by atoms with E-state index < -0.39 is 0 Å². The molecule has 41 heavy (non-hydrogen) atoms. The Bertz CT molecular complexity index is 1740. The first-order valence-electron chi connectivity index (χ1n) is 15.1. The number of anilines is 3. The fourth-order valence-electron chi connectivity index (χ4n) is 7.84. The van der Waals surface area contributed by atoms with Crippen LogP contribution in [-0.4, -0.2) is 7.05 Å². The molecule has 3 heterocycles. The van der Waals surface area contributed by atoms with E-state index in [2.05, 4.69) is 131 Å². The Hall–Kier alpha value is -4.04. The van der Waals surface area contributed by atoms with Gasteiger partial charge >= 0.3 is 0 Å². The average molecular weight is 537 g/mol. The van der Waals surface area contributed by atoms with Crippen LogP contribution in [0.1, 0.15) is 96.9 Å². The molecular weight excluding hydrogens is 496 g/mol. The zero-order chi connectivity index (χ0) is 28.7. The van der Waals surface area contributed by atoms with Crippen molar-refractivity contribution in [2.75, 3.05) is 16.8 Å². The Morgan fingerprint density at radius 2 is 1.63 bits per heavy atom. The molecule has 2 heteroatoms. The number of nitrogens with zero attached hydrogens (tertiary/aromatic N) is 2. The van der Waals surface area contributed by atoms with Gasteiger partial charge in [-0.2, -0.15) is 0 Å². The lowest BCUT2D eigenvalue weighted by atomic mass is 9.81. The molecule has 3 atom stereocenters. The number of fused-ring (bicyclic) bond motifs is 3. The monoisotopic (exact) mass is 536 g/mol. The average Bonchev–Trinajstić information content (AvgIpc) is 3.23. The summed E-state index contributed by atoms with van der Waals surface area (Å²) in [5, 5.41) is 0. The lowest BCUT2D eigenvalue weighted by molar-refractivity contribution is 0.615. The van der Waals surface area contributed by atoms with E-state index in [1.807, 2.05) is 6.08 Å². The van der Waals surface area contributed by atoms with Gasteiger partial charge in [0.05, 0.1) is 11.7 Å². The van der Waals surface area contributed by atoms with Crippen LogP contribution < -0.4 is 9.80 Å². The second kappa shape index (κ2) is 9.24. The van der Waals surface area contributed by atoms with E-state index in [1.165, 1.54) is 72.8 Å². The number of hydrogen-bond donors (Lipinski definition) is 0.